The number of aromatic nitrogens is 1. The Morgan fingerprint density at radius 2 is 2.30 bits per heavy atom. The zero-order valence-electron chi connectivity index (χ0n) is 12.9. The molecule has 2 N–H and O–H groups in total. The largest absolute Gasteiger partial charge is 0.395 e. The number of anilines is 1. The molecule has 6 nitrogen and oxygen atoms in total. The molecule has 0 saturated heterocycles. The highest BCUT2D eigenvalue weighted by molar-refractivity contribution is 8.15. The van der Waals surface area contributed by atoms with E-state index in [9.17, 15) is 4.79 Å². The number of aliphatic hydroxyl groups is 1. The van der Waals surface area contributed by atoms with Gasteiger partial charge in [-0.25, -0.2) is 4.98 Å². The topological polar surface area (TPSA) is 77.8 Å². The first-order valence-corrected chi connectivity index (χ1v) is 9.06. The first-order chi connectivity index (χ1) is 11.1. The lowest BCUT2D eigenvalue weighted by Gasteiger charge is -2.11. The van der Waals surface area contributed by atoms with Gasteiger partial charge in [0.2, 0.25) is 5.91 Å². The molecule has 23 heavy (non-hydrogen) atoms. The maximum atomic E-state index is 11.9. The molecule has 0 spiro atoms. The highest BCUT2D eigenvalue weighted by atomic mass is 32.2. The van der Waals surface area contributed by atoms with Gasteiger partial charge in [-0.1, -0.05) is 0 Å². The number of carbonyl (C=O) groups excluding carboxylic acids is 1. The summed E-state index contributed by atoms with van der Waals surface area (Å²) in [6.07, 6.45) is 0. The van der Waals surface area contributed by atoms with E-state index in [2.05, 4.69) is 26.3 Å². The predicted octanol–water partition coefficient (Wildman–Crippen LogP) is 1.33. The average molecular weight is 350 g/mol. The highest BCUT2D eigenvalue weighted by Gasteiger charge is 2.27. The molecule has 0 radical (unpaired) electrons. The second-order valence-corrected chi connectivity index (χ2v) is 7.38. The van der Waals surface area contributed by atoms with E-state index in [1.807, 2.05) is 26.2 Å². The Kier molecular flexibility index (Phi) is 4.84. The van der Waals surface area contributed by atoms with Crippen LogP contribution in [0.5, 0.6) is 0 Å². The SMILES string of the molecule is CN(C)c1ccc2nc(C3=N[C@@H](C(=O)NCCO)CS3)sc2c1. The predicted molar refractivity (Wildman–Crippen MR) is 96.8 cm³/mol. The van der Waals surface area contributed by atoms with Gasteiger partial charge in [0.15, 0.2) is 0 Å². The van der Waals surface area contributed by atoms with E-state index in [0.29, 0.717) is 5.75 Å². The van der Waals surface area contributed by atoms with Crippen molar-refractivity contribution in [3.05, 3.63) is 23.2 Å². The van der Waals surface area contributed by atoms with Crippen molar-refractivity contribution >= 4 is 50.0 Å². The third-order valence-corrected chi connectivity index (χ3v) is 5.64. The number of benzene rings is 1. The van der Waals surface area contributed by atoms with Crippen LogP contribution in [0.2, 0.25) is 0 Å². The molecule has 3 rings (SSSR count). The molecule has 1 aromatic heterocycles. The maximum absolute atomic E-state index is 11.9. The maximum Gasteiger partial charge on any atom is 0.245 e. The Labute approximate surface area is 142 Å². The number of aliphatic imine (C=N–C) groups is 1. The lowest BCUT2D eigenvalue weighted by molar-refractivity contribution is -0.121. The zero-order valence-corrected chi connectivity index (χ0v) is 14.6. The lowest BCUT2D eigenvalue weighted by Crippen LogP contribution is -2.35. The van der Waals surface area contributed by atoms with E-state index >= 15 is 0 Å². The molecule has 1 aliphatic heterocycles. The van der Waals surface area contributed by atoms with Crippen LogP contribution in [0.3, 0.4) is 0 Å². The molecule has 8 heteroatoms. The van der Waals surface area contributed by atoms with Crippen molar-refractivity contribution in [3.63, 3.8) is 0 Å². The number of fused-ring (bicyclic) bond motifs is 1. The first kappa shape index (κ1) is 16.2. The van der Waals surface area contributed by atoms with Crippen molar-refractivity contribution in [2.75, 3.05) is 37.9 Å². The molecule has 0 unspecified atom stereocenters. The van der Waals surface area contributed by atoms with Crippen molar-refractivity contribution in [3.8, 4) is 0 Å². The van der Waals surface area contributed by atoms with Gasteiger partial charge in [0.1, 0.15) is 16.1 Å². The smallest absolute Gasteiger partial charge is 0.245 e. The first-order valence-electron chi connectivity index (χ1n) is 7.26. The van der Waals surface area contributed by atoms with Gasteiger partial charge in [0, 0.05) is 32.1 Å². The van der Waals surface area contributed by atoms with Crippen LogP contribution in [0.1, 0.15) is 5.01 Å². The minimum Gasteiger partial charge on any atom is -0.395 e. The Morgan fingerprint density at radius 1 is 1.48 bits per heavy atom. The second kappa shape index (κ2) is 6.86. The Morgan fingerprint density at radius 3 is 3.04 bits per heavy atom. The summed E-state index contributed by atoms with van der Waals surface area (Å²) in [4.78, 5) is 23.1. The number of nitrogens with one attached hydrogen (secondary N) is 1. The minimum absolute atomic E-state index is 0.0613. The van der Waals surface area contributed by atoms with E-state index in [1.54, 1.807) is 23.1 Å². The van der Waals surface area contributed by atoms with Gasteiger partial charge in [-0.2, -0.15) is 0 Å². The van der Waals surface area contributed by atoms with Gasteiger partial charge in [-0.3, -0.25) is 9.79 Å². The molecule has 1 aromatic carbocycles. The van der Waals surface area contributed by atoms with Gasteiger partial charge in [-0.05, 0) is 18.2 Å². The number of nitrogens with zero attached hydrogens (tertiary/aromatic N) is 3. The fourth-order valence-corrected chi connectivity index (χ4v) is 4.31. The van der Waals surface area contributed by atoms with Crippen LogP contribution in [0.4, 0.5) is 5.69 Å². The highest BCUT2D eigenvalue weighted by Crippen LogP contribution is 2.31. The average Bonchev–Trinajstić information content (AvgIpc) is 3.17. The summed E-state index contributed by atoms with van der Waals surface area (Å²) >= 11 is 3.15. The molecule has 1 atom stereocenters. The molecule has 1 aliphatic rings. The standard InChI is InChI=1S/C15H18N4O2S2/c1-19(2)9-3-4-10-12(7-9)23-15(17-10)14-18-11(8-22-14)13(21)16-5-6-20/h3-4,7,11,20H,5-6,8H2,1-2H3,(H,16,21)/t11-/m1/s1. The van der Waals surface area contributed by atoms with Gasteiger partial charge >= 0.3 is 0 Å². The van der Waals surface area contributed by atoms with Crippen LogP contribution in [0.15, 0.2) is 23.2 Å². The molecule has 1 amide bonds. The summed E-state index contributed by atoms with van der Waals surface area (Å²) in [7, 11) is 4.02. The van der Waals surface area contributed by atoms with E-state index in [0.717, 1.165) is 26.0 Å². The summed E-state index contributed by atoms with van der Waals surface area (Å²) in [6, 6.07) is 5.77. The molecule has 0 bridgehead atoms. The third-order valence-electron chi connectivity index (χ3n) is 3.44. The number of amides is 1. The van der Waals surface area contributed by atoms with E-state index in [4.69, 9.17) is 5.11 Å². The van der Waals surface area contributed by atoms with Crippen molar-refractivity contribution in [1.82, 2.24) is 10.3 Å². The molecule has 2 heterocycles. The minimum atomic E-state index is -0.397. The van der Waals surface area contributed by atoms with Gasteiger partial charge < -0.3 is 15.3 Å². The quantitative estimate of drug-likeness (QED) is 0.851. The third kappa shape index (κ3) is 3.49. The van der Waals surface area contributed by atoms with Crippen LogP contribution in [-0.4, -0.2) is 60.1 Å². The van der Waals surface area contributed by atoms with Crippen LogP contribution in [0, 0.1) is 0 Å². The Balaban J connectivity index is 1.81. The molecule has 0 saturated carbocycles. The van der Waals surface area contributed by atoms with E-state index in [-0.39, 0.29) is 19.1 Å². The monoisotopic (exact) mass is 350 g/mol. The van der Waals surface area contributed by atoms with Crippen LogP contribution >= 0.6 is 23.1 Å². The van der Waals surface area contributed by atoms with Crippen LogP contribution < -0.4 is 10.2 Å². The zero-order chi connectivity index (χ0) is 16.4. The van der Waals surface area contributed by atoms with Crippen molar-refractivity contribution < 1.29 is 9.90 Å². The lowest BCUT2D eigenvalue weighted by atomic mass is 10.3. The molecular formula is C15H18N4O2S2. The fraction of sp³-hybridized carbons (Fsp3) is 0.400. The van der Waals surface area contributed by atoms with Crippen molar-refractivity contribution in [1.29, 1.82) is 0 Å². The normalized spacial score (nSPS) is 17.3. The Hall–Kier alpha value is -1.64. The molecule has 2 aromatic rings. The number of thiazole rings is 1. The summed E-state index contributed by atoms with van der Waals surface area (Å²) in [5, 5.41) is 13.1. The number of aliphatic hydroxyl groups excluding tert-OH is 1. The number of hydrogen-bond donors (Lipinski definition) is 2. The van der Waals surface area contributed by atoms with Gasteiger partial charge in [0.05, 0.1) is 16.8 Å². The second-order valence-electron chi connectivity index (χ2n) is 5.34. The van der Waals surface area contributed by atoms with Crippen LogP contribution in [-0.2, 0) is 4.79 Å². The molecular weight excluding hydrogens is 332 g/mol. The van der Waals surface area contributed by atoms with Crippen molar-refractivity contribution in [2.24, 2.45) is 4.99 Å². The molecule has 0 aliphatic carbocycles. The number of rotatable bonds is 5. The summed E-state index contributed by atoms with van der Waals surface area (Å²) in [6.45, 7) is 0.202. The van der Waals surface area contributed by atoms with Gasteiger partial charge in [-0.15, -0.1) is 23.1 Å². The number of thioether (sulfide) groups is 1. The van der Waals surface area contributed by atoms with Crippen molar-refractivity contribution in [2.45, 2.75) is 6.04 Å². The van der Waals surface area contributed by atoms with Crippen LogP contribution in [0.25, 0.3) is 10.2 Å². The summed E-state index contributed by atoms with van der Waals surface area (Å²) in [5.41, 5.74) is 2.09. The van der Waals surface area contributed by atoms with Gasteiger partial charge in [0.25, 0.3) is 0 Å². The van der Waals surface area contributed by atoms with E-state index in [1.165, 1.54) is 0 Å². The molecule has 0 fully saturated rings. The Bertz CT molecular complexity index is 757. The molecule has 122 valence electrons. The summed E-state index contributed by atoms with van der Waals surface area (Å²) in [5.74, 6) is 0.475. The van der Waals surface area contributed by atoms with E-state index < -0.39 is 6.04 Å². The number of carbonyl (C=O) groups is 1. The number of hydrogen-bond acceptors (Lipinski definition) is 7. The summed E-state index contributed by atoms with van der Waals surface area (Å²) < 4.78 is 1.11. The fourth-order valence-electron chi connectivity index (χ4n) is 2.21.